The van der Waals surface area contributed by atoms with Crippen molar-refractivity contribution in [2.45, 2.75) is 20.3 Å². The number of piperazine rings is 1. The number of rotatable bonds is 6. The van der Waals surface area contributed by atoms with Crippen LogP contribution in [0.3, 0.4) is 0 Å². The van der Waals surface area contributed by atoms with Crippen molar-refractivity contribution in [1.82, 2.24) is 14.7 Å². The number of terminal acetylenes is 1. The molecule has 2 fully saturated rings. The van der Waals surface area contributed by atoms with Gasteiger partial charge in [0.25, 0.3) is 0 Å². The van der Waals surface area contributed by atoms with E-state index in [0.717, 1.165) is 31.8 Å². The lowest BCUT2D eigenvalue weighted by Crippen LogP contribution is -2.47. The molecule has 0 saturated carbocycles. The quantitative estimate of drug-likeness (QED) is 0.544. The topological polar surface area (TPSA) is 43.9 Å². The molecule has 25 heavy (non-hydrogen) atoms. The van der Waals surface area contributed by atoms with Crippen LogP contribution in [-0.2, 0) is 9.59 Å². The van der Waals surface area contributed by atoms with Gasteiger partial charge < -0.3 is 9.80 Å². The van der Waals surface area contributed by atoms with Crippen LogP contribution in [-0.4, -0.2) is 65.7 Å². The first kappa shape index (κ1) is 19.0. The van der Waals surface area contributed by atoms with E-state index in [-0.39, 0.29) is 11.7 Å². The zero-order valence-corrected chi connectivity index (χ0v) is 15.2. The Bertz CT molecular complexity index is 636. The van der Waals surface area contributed by atoms with Gasteiger partial charge in [-0.1, -0.05) is 25.7 Å². The summed E-state index contributed by atoms with van der Waals surface area (Å²) in [6.07, 6.45) is 11.6. The van der Waals surface area contributed by atoms with Crippen molar-refractivity contribution in [3.63, 3.8) is 0 Å². The van der Waals surface area contributed by atoms with Crippen molar-refractivity contribution >= 4 is 11.7 Å². The average molecular weight is 341 g/mol. The van der Waals surface area contributed by atoms with Crippen molar-refractivity contribution in [3.8, 4) is 12.3 Å². The molecule has 0 bridgehead atoms. The summed E-state index contributed by atoms with van der Waals surface area (Å²) in [6.45, 7) is 11.8. The van der Waals surface area contributed by atoms with Gasteiger partial charge in [-0.3, -0.25) is 14.5 Å². The monoisotopic (exact) mass is 341 g/mol. The average Bonchev–Trinajstić information content (AvgIpc) is 2.54. The summed E-state index contributed by atoms with van der Waals surface area (Å²) in [5, 5.41) is 0. The minimum Gasteiger partial charge on any atom is -0.340 e. The van der Waals surface area contributed by atoms with E-state index in [0.29, 0.717) is 31.2 Å². The van der Waals surface area contributed by atoms with Crippen LogP contribution in [0.15, 0.2) is 36.2 Å². The minimum absolute atomic E-state index is 0.0151. The smallest absolute Gasteiger partial charge is 0.246 e. The number of carbonyl (C=O) groups excluding carboxylic acids is 2. The van der Waals surface area contributed by atoms with E-state index < -0.39 is 0 Å². The summed E-state index contributed by atoms with van der Waals surface area (Å²) < 4.78 is 0. The minimum atomic E-state index is -0.0151. The number of amides is 1. The highest BCUT2D eigenvalue weighted by Crippen LogP contribution is 2.19. The number of nitrogens with zero attached hydrogens (tertiary/aromatic N) is 3. The van der Waals surface area contributed by atoms with Gasteiger partial charge in [-0.25, -0.2) is 0 Å². The Labute approximate surface area is 150 Å². The standard InChI is InChI=1S/C20H27N3O2/c1-5-8-19(17(4)24)23-12-11-22(13-16(23)3)20(25)9-7-10-21-14-18(6-2)15-21/h2,7-9,18H,3,5,10-15H2,1,4H3/b9-7+,19-8-. The molecule has 2 aliphatic rings. The van der Waals surface area contributed by atoms with E-state index in [4.69, 9.17) is 6.42 Å². The first-order valence-corrected chi connectivity index (χ1v) is 8.76. The third-order valence-corrected chi connectivity index (χ3v) is 4.53. The van der Waals surface area contributed by atoms with Gasteiger partial charge >= 0.3 is 0 Å². The summed E-state index contributed by atoms with van der Waals surface area (Å²) in [6, 6.07) is 0. The number of allylic oxidation sites excluding steroid dienone is 2. The van der Waals surface area contributed by atoms with Crippen LogP contribution in [0.25, 0.3) is 0 Å². The molecular formula is C20H27N3O2. The van der Waals surface area contributed by atoms with E-state index >= 15 is 0 Å². The van der Waals surface area contributed by atoms with Crippen molar-refractivity contribution in [2.75, 3.05) is 39.3 Å². The van der Waals surface area contributed by atoms with Gasteiger partial charge in [0, 0.05) is 57.3 Å². The Hall–Kier alpha value is -2.32. The molecule has 2 saturated heterocycles. The first-order valence-electron chi connectivity index (χ1n) is 8.76. The number of Topliss-reactive ketones (excluding diaryl/α,β-unsaturated/α-hetero) is 1. The van der Waals surface area contributed by atoms with Crippen LogP contribution in [0.5, 0.6) is 0 Å². The first-order chi connectivity index (χ1) is 12.0. The molecule has 2 rings (SSSR count). The van der Waals surface area contributed by atoms with Gasteiger partial charge in [0.05, 0.1) is 12.2 Å². The molecule has 5 nitrogen and oxygen atoms in total. The molecule has 0 aromatic carbocycles. The Morgan fingerprint density at radius 3 is 2.64 bits per heavy atom. The summed E-state index contributed by atoms with van der Waals surface area (Å²) >= 11 is 0. The van der Waals surface area contributed by atoms with Crippen LogP contribution in [0.4, 0.5) is 0 Å². The zero-order valence-electron chi connectivity index (χ0n) is 15.2. The maximum absolute atomic E-state index is 12.3. The summed E-state index contributed by atoms with van der Waals surface area (Å²) in [5.74, 6) is 3.10. The SMILES string of the molecule is C#CC1CN(C/C=C/C(=O)N2CCN(/C(=C\CC)C(C)=O)C(=C)C2)C1. The van der Waals surface area contributed by atoms with E-state index in [1.54, 1.807) is 17.9 Å². The van der Waals surface area contributed by atoms with Gasteiger partial charge in [0.1, 0.15) is 0 Å². The normalized spacial score (nSPS) is 19.9. The summed E-state index contributed by atoms with van der Waals surface area (Å²) in [5.41, 5.74) is 1.46. The Morgan fingerprint density at radius 1 is 1.36 bits per heavy atom. The van der Waals surface area contributed by atoms with Crippen LogP contribution >= 0.6 is 0 Å². The van der Waals surface area contributed by atoms with Crippen LogP contribution in [0.2, 0.25) is 0 Å². The molecule has 5 heteroatoms. The molecule has 0 aromatic heterocycles. The predicted octanol–water partition coefficient (Wildman–Crippen LogP) is 1.65. The molecule has 2 heterocycles. The Balaban J connectivity index is 1.84. The number of ketones is 1. The number of likely N-dealkylation sites (tertiary alicyclic amines) is 1. The summed E-state index contributed by atoms with van der Waals surface area (Å²) in [7, 11) is 0. The fourth-order valence-electron chi connectivity index (χ4n) is 3.11. The summed E-state index contributed by atoms with van der Waals surface area (Å²) in [4.78, 5) is 30.1. The molecule has 0 unspecified atom stereocenters. The molecule has 0 N–H and O–H groups in total. The lowest BCUT2D eigenvalue weighted by Gasteiger charge is -2.38. The molecule has 134 valence electrons. The van der Waals surface area contributed by atoms with Crippen LogP contribution in [0.1, 0.15) is 20.3 Å². The molecule has 0 aromatic rings. The van der Waals surface area contributed by atoms with Crippen molar-refractivity contribution in [2.24, 2.45) is 5.92 Å². The second kappa shape index (κ2) is 8.68. The molecule has 0 atom stereocenters. The van der Waals surface area contributed by atoms with E-state index in [1.165, 1.54) is 0 Å². The maximum Gasteiger partial charge on any atom is 0.246 e. The zero-order chi connectivity index (χ0) is 18.4. The molecule has 1 amide bonds. The highest BCUT2D eigenvalue weighted by molar-refractivity contribution is 5.93. The van der Waals surface area contributed by atoms with Gasteiger partial charge in [0.2, 0.25) is 5.91 Å². The fraction of sp³-hybridized carbons (Fsp3) is 0.500. The Morgan fingerprint density at radius 2 is 2.08 bits per heavy atom. The number of carbonyl (C=O) groups is 2. The van der Waals surface area contributed by atoms with Crippen LogP contribution < -0.4 is 0 Å². The second-order valence-corrected chi connectivity index (χ2v) is 6.52. The van der Waals surface area contributed by atoms with Crippen LogP contribution in [0, 0.1) is 18.3 Å². The number of hydrogen-bond acceptors (Lipinski definition) is 4. The van der Waals surface area contributed by atoms with Gasteiger partial charge in [-0.05, 0) is 6.42 Å². The second-order valence-electron chi connectivity index (χ2n) is 6.52. The highest BCUT2D eigenvalue weighted by Gasteiger charge is 2.26. The predicted molar refractivity (Wildman–Crippen MR) is 99.4 cm³/mol. The third-order valence-electron chi connectivity index (χ3n) is 4.53. The maximum atomic E-state index is 12.3. The highest BCUT2D eigenvalue weighted by atomic mass is 16.2. The van der Waals surface area contributed by atoms with Crippen molar-refractivity contribution < 1.29 is 9.59 Å². The van der Waals surface area contributed by atoms with Crippen molar-refractivity contribution in [1.29, 1.82) is 0 Å². The molecule has 0 spiro atoms. The van der Waals surface area contributed by atoms with E-state index in [1.807, 2.05) is 24.0 Å². The van der Waals surface area contributed by atoms with E-state index in [2.05, 4.69) is 17.4 Å². The number of hydrogen-bond donors (Lipinski definition) is 0. The van der Waals surface area contributed by atoms with E-state index in [9.17, 15) is 9.59 Å². The largest absolute Gasteiger partial charge is 0.340 e. The Kier molecular flexibility index (Phi) is 6.60. The molecule has 0 aliphatic carbocycles. The third kappa shape index (κ3) is 4.83. The molecule has 0 radical (unpaired) electrons. The lowest BCUT2D eigenvalue weighted by atomic mass is 10.0. The van der Waals surface area contributed by atoms with Gasteiger partial charge in [-0.2, -0.15) is 0 Å². The van der Waals surface area contributed by atoms with Gasteiger partial charge in [-0.15, -0.1) is 12.3 Å². The molecule has 2 aliphatic heterocycles. The lowest BCUT2D eigenvalue weighted by molar-refractivity contribution is -0.126. The molecular weight excluding hydrogens is 314 g/mol. The van der Waals surface area contributed by atoms with Gasteiger partial charge in [0.15, 0.2) is 5.78 Å². The van der Waals surface area contributed by atoms with Crippen molar-refractivity contribution in [3.05, 3.63) is 36.2 Å². The fourth-order valence-corrected chi connectivity index (χ4v) is 3.11.